The van der Waals surface area contributed by atoms with E-state index in [1.807, 2.05) is 6.92 Å². The molecular weight excluding hydrogens is 243 g/mol. The Hall–Kier alpha value is -1.42. The van der Waals surface area contributed by atoms with Crippen LogP contribution in [0, 0.1) is 5.82 Å². The number of halogens is 1. The van der Waals surface area contributed by atoms with Crippen molar-refractivity contribution in [1.29, 1.82) is 0 Å². The number of fused-ring (bicyclic) bond motifs is 1. The molecule has 19 heavy (non-hydrogen) atoms. The molecule has 0 heterocycles. The van der Waals surface area contributed by atoms with Crippen molar-refractivity contribution in [2.24, 2.45) is 5.73 Å². The summed E-state index contributed by atoms with van der Waals surface area (Å²) >= 11 is 0. The van der Waals surface area contributed by atoms with Crippen LogP contribution in [0.3, 0.4) is 0 Å². The van der Waals surface area contributed by atoms with Crippen LogP contribution in [0.1, 0.15) is 50.3 Å². The van der Waals surface area contributed by atoms with Crippen LogP contribution in [-0.2, 0) is 11.2 Å². The third-order valence-corrected chi connectivity index (χ3v) is 3.78. The predicted molar refractivity (Wildman–Crippen MR) is 73.1 cm³/mol. The van der Waals surface area contributed by atoms with Gasteiger partial charge < -0.3 is 11.1 Å². The molecule has 4 heteroatoms. The Morgan fingerprint density at radius 1 is 1.58 bits per heavy atom. The summed E-state index contributed by atoms with van der Waals surface area (Å²) in [5.74, 6) is -0.350. The van der Waals surface area contributed by atoms with E-state index in [0.717, 1.165) is 30.4 Å². The van der Waals surface area contributed by atoms with Crippen molar-refractivity contribution in [2.75, 3.05) is 0 Å². The molecular formula is C15H21FN2O. The molecule has 0 bridgehead atoms. The minimum Gasteiger partial charge on any atom is -0.348 e. The molecule has 1 amide bonds. The highest BCUT2D eigenvalue weighted by Crippen LogP contribution is 2.31. The van der Waals surface area contributed by atoms with E-state index in [1.165, 1.54) is 6.07 Å². The summed E-state index contributed by atoms with van der Waals surface area (Å²) in [4.78, 5) is 12.2. The summed E-state index contributed by atoms with van der Waals surface area (Å²) in [6, 6.07) is 4.71. The van der Waals surface area contributed by atoms with Gasteiger partial charge in [-0.25, -0.2) is 4.39 Å². The molecule has 0 spiro atoms. The van der Waals surface area contributed by atoms with Crippen molar-refractivity contribution in [2.45, 2.75) is 51.1 Å². The summed E-state index contributed by atoms with van der Waals surface area (Å²) in [6.07, 6.45) is 3.13. The number of hydrogen-bond acceptors (Lipinski definition) is 2. The van der Waals surface area contributed by atoms with Gasteiger partial charge >= 0.3 is 0 Å². The summed E-state index contributed by atoms with van der Waals surface area (Å²) in [5.41, 5.74) is 7.19. The summed E-state index contributed by atoms with van der Waals surface area (Å²) in [5, 5.41) is 2.99. The molecule has 2 unspecified atom stereocenters. The normalized spacial score (nSPS) is 20.7. The van der Waals surface area contributed by atoms with Gasteiger partial charge in [0, 0.05) is 0 Å². The standard InChI is InChI=1S/C15H21FN2O/c1-3-8-15(2,17)14(19)18-13-7-4-10-9-11(16)5-6-12(10)13/h5-6,9,13H,3-4,7-8,17H2,1-2H3,(H,18,19). The van der Waals surface area contributed by atoms with Crippen LogP contribution in [0.15, 0.2) is 18.2 Å². The van der Waals surface area contributed by atoms with E-state index in [2.05, 4.69) is 5.32 Å². The quantitative estimate of drug-likeness (QED) is 0.877. The van der Waals surface area contributed by atoms with Crippen molar-refractivity contribution >= 4 is 5.91 Å². The van der Waals surface area contributed by atoms with Gasteiger partial charge in [0.05, 0.1) is 11.6 Å². The molecule has 0 radical (unpaired) electrons. The number of benzene rings is 1. The van der Waals surface area contributed by atoms with Gasteiger partial charge in [0.25, 0.3) is 0 Å². The van der Waals surface area contributed by atoms with E-state index in [9.17, 15) is 9.18 Å². The lowest BCUT2D eigenvalue weighted by Gasteiger charge is -2.25. The van der Waals surface area contributed by atoms with E-state index >= 15 is 0 Å². The minimum atomic E-state index is -0.836. The maximum Gasteiger partial charge on any atom is 0.240 e. The third kappa shape index (κ3) is 2.95. The number of carbonyl (C=O) groups excluding carboxylic acids is 1. The average Bonchev–Trinajstić information content (AvgIpc) is 2.71. The Kier molecular flexibility index (Phi) is 3.90. The fourth-order valence-corrected chi connectivity index (χ4v) is 2.69. The van der Waals surface area contributed by atoms with Crippen LogP contribution in [0.25, 0.3) is 0 Å². The minimum absolute atomic E-state index is 0.0390. The first-order valence-corrected chi connectivity index (χ1v) is 6.82. The maximum atomic E-state index is 13.1. The SMILES string of the molecule is CCCC(C)(N)C(=O)NC1CCc2cc(F)ccc21. The molecule has 104 valence electrons. The van der Waals surface area contributed by atoms with Crippen molar-refractivity contribution in [1.82, 2.24) is 5.32 Å². The number of rotatable bonds is 4. The molecule has 0 aromatic heterocycles. The highest BCUT2D eigenvalue weighted by atomic mass is 19.1. The monoisotopic (exact) mass is 264 g/mol. The van der Waals surface area contributed by atoms with E-state index in [0.29, 0.717) is 6.42 Å². The van der Waals surface area contributed by atoms with Gasteiger partial charge in [0.15, 0.2) is 0 Å². The van der Waals surface area contributed by atoms with Crippen LogP contribution < -0.4 is 11.1 Å². The van der Waals surface area contributed by atoms with Crippen LogP contribution >= 0.6 is 0 Å². The smallest absolute Gasteiger partial charge is 0.240 e. The van der Waals surface area contributed by atoms with Gasteiger partial charge in [-0.3, -0.25) is 4.79 Å². The molecule has 0 aliphatic heterocycles. The molecule has 3 nitrogen and oxygen atoms in total. The summed E-state index contributed by atoms with van der Waals surface area (Å²) in [7, 11) is 0. The number of nitrogens with one attached hydrogen (secondary N) is 1. The van der Waals surface area contributed by atoms with Crippen LogP contribution in [0.2, 0.25) is 0 Å². The van der Waals surface area contributed by atoms with E-state index in [4.69, 9.17) is 5.73 Å². The number of amides is 1. The highest BCUT2D eigenvalue weighted by Gasteiger charge is 2.31. The van der Waals surface area contributed by atoms with Gasteiger partial charge in [0.1, 0.15) is 5.82 Å². The van der Waals surface area contributed by atoms with Gasteiger partial charge in [-0.05, 0) is 49.4 Å². The van der Waals surface area contributed by atoms with Gasteiger partial charge in [-0.15, -0.1) is 0 Å². The fourth-order valence-electron chi connectivity index (χ4n) is 2.69. The van der Waals surface area contributed by atoms with Crippen LogP contribution in [0.4, 0.5) is 4.39 Å². The van der Waals surface area contributed by atoms with Crippen molar-refractivity contribution in [3.8, 4) is 0 Å². The first kappa shape index (κ1) is 14.0. The second-order valence-corrected chi connectivity index (χ2v) is 5.58. The lowest BCUT2D eigenvalue weighted by molar-refractivity contribution is -0.126. The molecule has 1 aromatic carbocycles. The van der Waals surface area contributed by atoms with Crippen LogP contribution in [0.5, 0.6) is 0 Å². The number of aryl methyl sites for hydroxylation is 1. The molecule has 0 saturated heterocycles. The lowest BCUT2D eigenvalue weighted by atomic mass is 9.95. The molecule has 1 aliphatic carbocycles. The second-order valence-electron chi connectivity index (χ2n) is 5.58. The zero-order chi connectivity index (χ0) is 14.0. The third-order valence-electron chi connectivity index (χ3n) is 3.78. The second kappa shape index (κ2) is 5.29. The number of nitrogens with two attached hydrogens (primary N) is 1. The lowest BCUT2D eigenvalue weighted by Crippen LogP contribution is -2.52. The van der Waals surface area contributed by atoms with Crippen molar-refractivity contribution < 1.29 is 9.18 Å². The first-order chi connectivity index (χ1) is 8.94. The van der Waals surface area contributed by atoms with Crippen molar-refractivity contribution in [3.05, 3.63) is 35.1 Å². The summed E-state index contributed by atoms with van der Waals surface area (Å²) < 4.78 is 13.1. The number of hydrogen-bond donors (Lipinski definition) is 2. The molecule has 3 N–H and O–H groups in total. The van der Waals surface area contributed by atoms with E-state index < -0.39 is 5.54 Å². The molecule has 0 fully saturated rings. The van der Waals surface area contributed by atoms with E-state index in [-0.39, 0.29) is 17.8 Å². The average molecular weight is 264 g/mol. The Morgan fingerprint density at radius 2 is 2.32 bits per heavy atom. The first-order valence-electron chi connectivity index (χ1n) is 6.82. The van der Waals surface area contributed by atoms with Gasteiger partial charge in [-0.2, -0.15) is 0 Å². The summed E-state index contributed by atoms with van der Waals surface area (Å²) in [6.45, 7) is 3.76. The Morgan fingerprint density at radius 3 is 3.00 bits per heavy atom. The van der Waals surface area contributed by atoms with Gasteiger partial charge in [0.2, 0.25) is 5.91 Å². The Balaban J connectivity index is 2.09. The Labute approximate surface area is 113 Å². The van der Waals surface area contributed by atoms with Crippen LogP contribution in [-0.4, -0.2) is 11.4 Å². The zero-order valence-electron chi connectivity index (χ0n) is 11.5. The molecule has 1 aromatic rings. The number of carbonyl (C=O) groups is 1. The fraction of sp³-hybridized carbons (Fsp3) is 0.533. The molecule has 2 atom stereocenters. The topological polar surface area (TPSA) is 55.1 Å². The predicted octanol–water partition coefficient (Wildman–Crippen LogP) is 2.45. The Bertz CT molecular complexity index is 485. The van der Waals surface area contributed by atoms with Gasteiger partial charge in [-0.1, -0.05) is 19.4 Å². The molecule has 1 aliphatic rings. The maximum absolute atomic E-state index is 13.1. The molecule has 2 rings (SSSR count). The molecule has 0 saturated carbocycles. The zero-order valence-corrected chi connectivity index (χ0v) is 11.5. The van der Waals surface area contributed by atoms with E-state index in [1.54, 1.807) is 19.1 Å². The highest BCUT2D eigenvalue weighted by molar-refractivity contribution is 5.86. The largest absolute Gasteiger partial charge is 0.348 e. The van der Waals surface area contributed by atoms with Crippen molar-refractivity contribution in [3.63, 3.8) is 0 Å².